The van der Waals surface area contributed by atoms with Crippen LogP contribution in [0.2, 0.25) is 0 Å². The number of hydrogen-bond donors (Lipinski definition) is 4. The van der Waals surface area contributed by atoms with Crippen molar-refractivity contribution in [3.63, 3.8) is 0 Å². The first-order valence-corrected chi connectivity index (χ1v) is 11.2. The van der Waals surface area contributed by atoms with Crippen molar-refractivity contribution in [3.8, 4) is 0 Å². The van der Waals surface area contributed by atoms with E-state index in [4.69, 9.17) is 5.11 Å². The van der Waals surface area contributed by atoms with Gasteiger partial charge in [0, 0.05) is 18.9 Å². The van der Waals surface area contributed by atoms with E-state index in [9.17, 15) is 14.4 Å². The number of carboxylic acids is 1. The summed E-state index contributed by atoms with van der Waals surface area (Å²) in [5.41, 5.74) is 3.04. The van der Waals surface area contributed by atoms with Crippen molar-refractivity contribution in [2.45, 2.75) is 30.5 Å². The molecule has 2 amide bonds. The van der Waals surface area contributed by atoms with Crippen molar-refractivity contribution in [2.75, 3.05) is 6.54 Å². The van der Waals surface area contributed by atoms with E-state index in [1.807, 2.05) is 91.0 Å². The summed E-state index contributed by atoms with van der Waals surface area (Å²) in [5, 5.41) is 17.5. The van der Waals surface area contributed by atoms with Gasteiger partial charge in [0.2, 0.25) is 11.8 Å². The summed E-state index contributed by atoms with van der Waals surface area (Å²) in [6.07, 6.45) is 0.296. The van der Waals surface area contributed by atoms with E-state index < -0.39 is 30.0 Å². The molecule has 1 aliphatic rings. The molecule has 174 valence electrons. The van der Waals surface area contributed by atoms with Gasteiger partial charge in [-0.25, -0.2) is 0 Å². The lowest BCUT2D eigenvalue weighted by molar-refractivity contribution is -0.137. The molecule has 3 aromatic carbocycles. The van der Waals surface area contributed by atoms with E-state index >= 15 is 0 Å². The predicted molar refractivity (Wildman–Crippen MR) is 128 cm³/mol. The molecule has 7 heteroatoms. The van der Waals surface area contributed by atoms with Crippen LogP contribution in [0.5, 0.6) is 0 Å². The van der Waals surface area contributed by atoms with Crippen LogP contribution >= 0.6 is 0 Å². The van der Waals surface area contributed by atoms with Crippen LogP contribution in [0.25, 0.3) is 0 Å². The third-order valence-electron chi connectivity index (χ3n) is 5.93. The summed E-state index contributed by atoms with van der Waals surface area (Å²) in [6, 6.07) is 26.7. The first-order chi connectivity index (χ1) is 16.5. The molecular weight excluding hydrogens is 430 g/mol. The molecule has 7 nitrogen and oxygen atoms in total. The van der Waals surface area contributed by atoms with Crippen LogP contribution in [0.4, 0.5) is 0 Å². The van der Waals surface area contributed by atoms with Gasteiger partial charge in [0.15, 0.2) is 0 Å². The molecule has 0 aliphatic carbocycles. The monoisotopic (exact) mass is 457 g/mol. The molecule has 0 bridgehead atoms. The number of amides is 2. The van der Waals surface area contributed by atoms with Crippen molar-refractivity contribution < 1.29 is 19.5 Å². The molecule has 0 aromatic heterocycles. The zero-order chi connectivity index (χ0) is 23.9. The molecule has 3 atom stereocenters. The fourth-order valence-corrected chi connectivity index (χ4v) is 4.02. The maximum absolute atomic E-state index is 13.2. The van der Waals surface area contributed by atoms with Gasteiger partial charge in [0.1, 0.15) is 18.1 Å². The molecule has 1 saturated heterocycles. The highest BCUT2D eigenvalue weighted by molar-refractivity contribution is 5.97. The first kappa shape index (κ1) is 23.2. The molecular formula is C27H27N3O4. The molecule has 0 unspecified atom stereocenters. The van der Waals surface area contributed by atoms with Gasteiger partial charge < -0.3 is 15.7 Å². The Morgan fingerprint density at radius 3 is 1.82 bits per heavy atom. The maximum Gasteiger partial charge on any atom is 0.322 e. The van der Waals surface area contributed by atoms with Gasteiger partial charge >= 0.3 is 5.97 Å². The highest BCUT2D eigenvalue weighted by atomic mass is 16.4. The van der Waals surface area contributed by atoms with E-state index in [-0.39, 0.29) is 11.8 Å². The van der Waals surface area contributed by atoms with Crippen LogP contribution in [0.1, 0.15) is 22.6 Å². The molecule has 4 N–H and O–H groups in total. The van der Waals surface area contributed by atoms with Crippen LogP contribution in [0.3, 0.4) is 0 Å². The van der Waals surface area contributed by atoms with Gasteiger partial charge in [0.25, 0.3) is 0 Å². The second kappa shape index (κ2) is 10.8. The van der Waals surface area contributed by atoms with Gasteiger partial charge in [-0.1, -0.05) is 91.0 Å². The molecule has 0 radical (unpaired) electrons. The van der Waals surface area contributed by atoms with Gasteiger partial charge in [-0.15, -0.1) is 0 Å². The topological polar surface area (TPSA) is 117 Å². The Bertz CT molecular complexity index is 1080. The second-order valence-electron chi connectivity index (χ2n) is 8.33. The number of carbonyl (C=O) groups is 3. The van der Waals surface area contributed by atoms with Crippen molar-refractivity contribution in [1.29, 1.82) is 0 Å². The standard InChI is InChI=1S/C27H27N3O4/c31-25(28-17-21(19-12-6-2-7-13-19)20-14-8-3-9-15-20)22(16-18-10-4-1-5-11-18)29-26(32)23-24(30-23)27(33)34/h1-15,21-24,30H,16-17H2,(H,28,31)(H,29,32)(H,33,34)/t22-,23-,24-/m0/s1. The number of aliphatic carboxylic acids is 1. The zero-order valence-corrected chi connectivity index (χ0v) is 18.6. The number of carboxylic acid groups (broad SMARTS) is 1. The quantitative estimate of drug-likeness (QED) is 0.348. The Morgan fingerprint density at radius 1 is 0.794 bits per heavy atom. The zero-order valence-electron chi connectivity index (χ0n) is 18.6. The molecule has 0 spiro atoms. The fraction of sp³-hybridized carbons (Fsp3) is 0.222. The van der Waals surface area contributed by atoms with E-state index in [0.29, 0.717) is 13.0 Å². The van der Waals surface area contributed by atoms with Crippen molar-refractivity contribution >= 4 is 17.8 Å². The van der Waals surface area contributed by atoms with E-state index in [2.05, 4.69) is 16.0 Å². The lowest BCUT2D eigenvalue weighted by Crippen LogP contribution is -2.50. The van der Waals surface area contributed by atoms with E-state index in [0.717, 1.165) is 16.7 Å². The first-order valence-electron chi connectivity index (χ1n) is 11.2. The summed E-state index contributed by atoms with van der Waals surface area (Å²) in [5.74, 6) is -1.95. The largest absolute Gasteiger partial charge is 0.480 e. The molecule has 4 rings (SSSR count). The van der Waals surface area contributed by atoms with Gasteiger partial charge in [0.05, 0.1) is 0 Å². The van der Waals surface area contributed by atoms with Gasteiger partial charge in [-0.05, 0) is 16.7 Å². The van der Waals surface area contributed by atoms with E-state index in [1.165, 1.54) is 0 Å². The average molecular weight is 458 g/mol. The minimum Gasteiger partial charge on any atom is -0.480 e. The van der Waals surface area contributed by atoms with Gasteiger partial charge in [-0.2, -0.15) is 0 Å². The Hall–Kier alpha value is -3.97. The van der Waals surface area contributed by atoms with Crippen LogP contribution in [0.15, 0.2) is 91.0 Å². The summed E-state index contributed by atoms with van der Waals surface area (Å²) < 4.78 is 0. The molecule has 1 fully saturated rings. The second-order valence-corrected chi connectivity index (χ2v) is 8.33. The summed E-state index contributed by atoms with van der Waals surface area (Å²) in [4.78, 5) is 36.9. The molecule has 1 heterocycles. The fourth-order valence-electron chi connectivity index (χ4n) is 4.02. The molecule has 0 saturated carbocycles. The number of nitrogens with one attached hydrogen (secondary N) is 3. The number of hydrogen-bond acceptors (Lipinski definition) is 4. The Kier molecular flexibility index (Phi) is 7.34. The Labute approximate surface area is 198 Å². The lowest BCUT2D eigenvalue weighted by atomic mass is 9.91. The number of benzene rings is 3. The maximum atomic E-state index is 13.2. The van der Waals surface area contributed by atoms with Crippen molar-refractivity contribution in [3.05, 3.63) is 108 Å². The summed E-state index contributed by atoms with van der Waals surface area (Å²) in [6.45, 7) is 0.355. The number of rotatable bonds is 10. The van der Waals surface area contributed by atoms with E-state index in [1.54, 1.807) is 0 Å². The number of carbonyl (C=O) groups excluding carboxylic acids is 2. The van der Waals surface area contributed by atoms with Crippen molar-refractivity contribution in [1.82, 2.24) is 16.0 Å². The average Bonchev–Trinajstić information content (AvgIpc) is 3.67. The minimum absolute atomic E-state index is 0.0547. The molecule has 3 aromatic rings. The lowest BCUT2D eigenvalue weighted by Gasteiger charge is -2.22. The SMILES string of the molecule is O=C(NCC(c1ccccc1)c1ccccc1)[C@H](Cc1ccccc1)NC(=O)[C@H]1N[C@@H]1C(=O)O. The molecule has 1 aliphatic heterocycles. The van der Waals surface area contributed by atoms with Crippen LogP contribution in [0, 0.1) is 0 Å². The summed E-state index contributed by atoms with van der Waals surface area (Å²) >= 11 is 0. The predicted octanol–water partition coefficient (Wildman–Crippen LogP) is 2.09. The van der Waals surface area contributed by atoms with Crippen LogP contribution < -0.4 is 16.0 Å². The smallest absolute Gasteiger partial charge is 0.322 e. The summed E-state index contributed by atoms with van der Waals surface area (Å²) in [7, 11) is 0. The van der Waals surface area contributed by atoms with Crippen LogP contribution in [-0.2, 0) is 20.8 Å². The van der Waals surface area contributed by atoms with Crippen molar-refractivity contribution in [2.24, 2.45) is 0 Å². The third-order valence-corrected chi connectivity index (χ3v) is 5.93. The third kappa shape index (κ3) is 5.88. The Morgan fingerprint density at radius 2 is 1.32 bits per heavy atom. The highest BCUT2D eigenvalue weighted by Gasteiger charge is 2.48. The highest BCUT2D eigenvalue weighted by Crippen LogP contribution is 2.23. The minimum atomic E-state index is -1.09. The van der Waals surface area contributed by atoms with Crippen LogP contribution in [-0.4, -0.2) is 47.6 Å². The Balaban J connectivity index is 1.48. The normalized spacial score (nSPS) is 17.6. The van der Waals surface area contributed by atoms with Gasteiger partial charge in [-0.3, -0.25) is 19.7 Å². The molecule has 34 heavy (non-hydrogen) atoms.